The number of carboxylic acids is 1. The number of fused-ring (bicyclic) bond motifs is 1. The second kappa shape index (κ2) is 7.88. The van der Waals surface area contributed by atoms with Crippen LogP contribution in [0, 0.1) is 0 Å². The molecule has 1 heterocycles. The molecule has 0 saturated heterocycles. The maximum atomic E-state index is 13.3. The lowest BCUT2D eigenvalue weighted by molar-refractivity contribution is -0.137. The van der Waals surface area contributed by atoms with E-state index in [1.807, 2.05) is 0 Å². The number of anilines is 1. The second-order valence-electron chi connectivity index (χ2n) is 7.25. The molecule has 0 unspecified atom stereocenters. The van der Waals surface area contributed by atoms with E-state index in [9.17, 15) is 27.9 Å². The smallest absolute Gasteiger partial charge is 0.416 e. The number of nitrogens with one attached hydrogen (secondary N) is 1. The molecule has 3 aromatic carbocycles. The Balaban J connectivity index is 1.74. The Labute approximate surface area is 180 Å². The molecule has 0 aliphatic heterocycles. The van der Waals surface area contributed by atoms with Crippen molar-refractivity contribution in [3.8, 4) is 11.1 Å². The van der Waals surface area contributed by atoms with Gasteiger partial charge in [0.25, 0.3) is 5.91 Å². The van der Waals surface area contributed by atoms with Crippen molar-refractivity contribution in [1.29, 1.82) is 0 Å². The first-order valence-corrected chi connectivity index (χ1v) is 9.56. The number of benzene rings is 3. The zero-order chi connectivity index (χ0) is 23.0. The van der Waals surface area contributed by atoms with Gasteiger partial charge in [0.1, 0.15) is 5.69 Å². The van der Waals surface area contributed by atoms with E-state index in [0.29, 0.717) is 27.7 Å². The molecule has 0 atom stereocenters. The molecule has 0 bridgehead atoms. The Hall–Kier alpha value is -4.07. The Morgan fingerprint density at radius 3 is 2.31 bits per heavy atom. The maximum absolute atomic E-state index is 13.3. The largest absolute Gasteiger partial charge is 0.477 e. The van der Waals surface area contributed by atoms with Gasteiger partial charge in [0, 0.05) is 29.2 Å². The summed E-state index contributed by atoms with van der Waals surface area (Å²) in [6.07, 6.45) is -4.60. The highest BCUT2D eigenvalue weighted by Crippen LogP contribution is 2.34. The van der Waals surface area contributed by atoms with E-state index in [2.05, 4.69) is 5.32 Å². The number of carbonyl (C=O) groups excluding carboxylic acids is 1. The highest BCUT2D eigenvalue weighted by Gasteiger charge is 2.32. The summed E-state index contributed by atoms with van der Waals surface area (Å²) in [4.78, 5) is 24.4. The molecule has 0 aliphatic carbocycles. The van der Waals surface area contributed by atoms with Crippen molar-refractivity contribution in [2.24, 2.45) is 7.05 Å². The maximum Gasteiger partial charge on any atom is 0.416 e. The van der Waals surface area contributed by atoms with E-state index >= 15 is 0 Å². The number of amides is 1. The molecule has 8 heteroatoms. The van der Waals surface area contributed by atoms with Crippen LogP contribution in [0.4, 0.5) is 18.9 Å². The molecular formula is C24H17F3N2O3. The van der Waals surface area contributed by atoms with Crippen LogP contribution in [0.3, 0.4) is 0 Å². The van der Waals surface area contributed by atoms with Gasteiger partial charge >= 0.3 is 12.1 Å². The quantitative estimate of drug-likeness (QED) is 0.422. The fraction of sp³-hybridized carbons (Fsp3) is 0.0833. The van der Waals surface area contributed by atoms with E-state index in [-0.39, 0.29) is 11.3 Å². The second-order valence-corrected chi connectivity index (χ2v) is 7.25. The zero-order valence-electron chi connectivity index (χ0n) is 16.8. The molecule has 162 valence electrons. The number of alkyl halides is 3. The van der Waals surface area contributed by atoms with Crippen LogP contribution in [0.2, 0.25) is 0 Å². The van der Waals surface area contributed by atoms with E-state index in [4.69, 9.17) is 0 Å². The van der Waals surface area contributed by atoms with E-state index in [1.54, 1.807) is 55.6 Å². The van der Waals surface area contributed by atoms with Crippen molar-refractivity contribution in [3.05, 3.63) is 89.6 Å². The van der Waals surface area contributed by atoms with Crippen LogP contribution in [0.25, 0.3) is 22.0 Å². The minimum atomic E-state index is -4.60. The molecule has 0 fully saturated rings. The number of carboxylic acid groups (broad SMARTS) is 1. The summed E-state index contributed by atoms with van der Waals surface area (Å²) in [6.45, 7) is 0. The Bertz CT molecular complexity index is 1340. The fourth-order valence-electron chi connectivity index (χ4n) is 3.61. The number of halogens is 3. The normalized spacial score (nSPS) is 11.5. The number of aromatic nitrogens is 1. The summed E-state index contributed by atoms with van der Waals surface area (Å²) >= 11 is 0. The third-order valence-electron chi connectivity index (χ3n) is 5.20. The molecule has 0 radical (unpaired) electrons. The predicted molar refractivity (Wildman–Crippen MR) is 115 cm³/mol. The van der Waals surface area contributed by atoms with Crippen LogP contribution >= 0.6 is 0 Å². The van der Waals surface area contributed by atoms with Crippen molar-refractivity contribution < 1.29 is 27.9 Å². The van der Waals surface area contributed by atoms with E-state index < -0.39 is 23.6 Å². The first-order chi connectivity index (χ1) is 15.1. The molecule has 4 rings (SSSR count). The Morgan fingerprint density at radius 2 is 1.66 bits per heavy atom. The van der Waals surface area contributed by atoms with Crippen LogP contribution < -0.4 is 5.32 Å². The van der Waals surface area contributed by atoms with Gasteiger partial charge < -0.3 is 15.0 Å². The average molecular weight is 438 g/mol. The average Bonchev–Trinajstić information content (AvgIpc) is 3.09. The van der Waals surface area contributed by atoms with E-state index in [0.717, 1.165) is 12.1 Å². The SMILES string of the molecule is Cn1c(C(=O)O)cc2cc(NC(=O)c3cc(C(F)(F)F)ccc3-c3ccccc3)ccc21. The molecule has 32 heavy (non-hydrogen) atoms. The summed E-state index contributed by atoms with van der Waals surface area (Å²) in [7, 11) is 1.61. The van der Waals surface area contributed by atoms with E-state index in [1.165, 1.54) is 16.7 Å². The number of hydrogen-bond donors (Lipinski definition) is 2. The van der Waals surface area contributed by atoms with Gasteiger partial charge in [-0.15, -0.1) is 0 Å². The number of nitrogens with zero attached hydrogens (tertiary/aromatic N) is 1. The first-order valence-electron chi connectivity index (χ1n) is 9.56. The lowest BCUT2D eigenvalue weighted by Crippen LogP contribution is -2.15. The topological polar surface area (TPSA) is 71.3 Å². The third kappa shape index (κ3) is 3.94. The molecular weight excluding hydrogens is 421 g/mol. The van der Waals surface area contributed by atoms with Crippen molar-refractivity contribution in [1.82, 2.24) is 4.57 Å². The van der Waals surface area contributed by atoms with Gasteiger partial charge in [0.15, 0.2) is 0 Å². The van der Waals surface area contributed by atoms with Gasteiger partial charge in [-0.2, -0.15) is 13.2 Å². The van der Waals surface area contributed by atoms with Gasteiger partial charge in [0.2, 0.25) is 0 Å². The molecule has 0 spiro atoms. The fourth-order valence-corrected chi connectivity index (χ4v) is 3.61. The van der Waals surface area contributed by atoms with Gasteiger partial charge in [-0.05, 0) is 47.5 Å². The van der Waals surface area contributed by atoms with Gasteiger partial charge in [-0.1, -0.05) is 36.4 Å². The van der Waals surface area contributed by atoms with Crippen LogP contribution in [0.5, 0.6) is 0 Å². The number of hydrogen-bond acceptors (Lipinski definition) is 2. The molecule has 1 amide bonds. The van der Waals surface area contributed by atoms with Crippen LogP contribution in [-0.2, 0) is 13.2 Å². The van der Waals surface area contributed by atoms with Crippen molar-refractivity contribution in [3.63, 3.8) is 0 Å². The number of aryl methyl sites for hydroxylation is 1. The highest BCUT2D eigenvalue weighted by molar-refractivity contribution is 6.09. The zero-order valence-corrected chi connectivity index (χ0v) is 16.8. The van der Waals surface area contributed by atoms with Crippen molar-refractivity contribution in [2.75, 3.05) is 5.32 Å². The molecule has 5 nitrogen and oxygen atoms in total. The van der Waals surface area contributed by atoms with Crippen molar-refractivity contribution >= 4 is 28.5 Å². The minimum Gasteiger partial charge on any atom is -0.477 e. The molecule has 4 aromatic rings. The number of carbonyl (C=O) groups is 2. The highest BCUT2D eigenvalue weighted by atomic mass is 19.4. The molecule has 1 aromatic heterocycles. The Kier molecular flexibility index (Phi) is 5.22. The number of aromatic carboxylic acids is 1. The van der Waals surface area contributed by atoms with Crippen LogP contribution in [-0.4, -0.2) is 21.6 Å². The lowest BCUT2D eigenvalue weighted by Gasteiger charge is -2.14. The first kappa shape index (κ1) is 21.2. The summed E-state index contributed by atoms with van der Waals surface area (Å²) in [5.41, 5.74) is 0.983. The number of rotatable bonds is 4. The van der Waals surface area contributed by atoms with Gasteiger partial charge in [-0.25, -0.2) is 4.79 Å². The standard InChI is InChI=1S/C24H17F3N2O3/c1-29-20-10-8-17(11-15(20)12-21(29)23(31)32)28-22(30)19-13-16(24(25,26)27)7-9-18(19)14-5-3-2-4-6-14/h2-13H,1H3,(H,28,30)(H,31,32). The summed E-state index contributed by atoms with van der Waals surface area (Å²) in [5, 5.41) is 12.5. The van der Waals surface area contributed by atoms with Crippen LogP contribution in [0.1, 0.15) is 26.4 Å². The predicted octanol–water partition coefficient (Wildman–Crippen LogP) is 5.81. The minimum absolute atomic E-state index is 0.0766. The van der Waals surface area contributed by atoms with Gasteiger partial charge in [-0.3, -0.25) is 4.79 Å². The van der Waals surface area contributed by atoms with Crippen LogP contribution in [0.15, 0.2) is 72.8 Å². The lowest BCUT2D eigenvalue weighted by atomic mass is 9.96. The monoisotopic (exact) mass is 438 g/mol. The summed E-state index contributed by atoms with van der Waals surface area (Å²) in [5.74, 6) is -1.80. The summed E-state index contributed by atoms with van der Waals surface area (Å²) < 4.78 is 41.4. The Morgan fingerprint density at radius 1 is 0.938 bits per heavy atom. The molecule has 0 aliphatic rings. The summed E-state index contributed by atoms with van der Waals surface area (Å²) in [6, 6.07) is 18.0. The molecule has 2 N–H and O–H groups in total. The third-order valence-corrected chi connectivity index (χ3v) is 5.20. The molecule has 0 saturated carbocycles. The van der Waals surface area contributed by atoms with Gasteiger partial charge in [0.05, 0.1) is 5.56 Å². The van der Waals surface area contributed by atoms with Crippen molar-refractivity contribution in [2.45, 2.75) is 6.18 Å².